The Morgan fingerprint density at radius 2 is 1.62 bits per heavy atom. The molecule has 7 atom stereocenters. The Balaban J connectivity index is 2.62. The zero-order chi connectivity index (χ0) is 30.1. The van der Waals surface area contributed by atoms with Crippen LogP contribution >= 0.6 is 0 Å². The molecule has 0 saturated heterocycles. The summed E-state index contributed by atoms with van der Waals surface area (Å²) in [5, 5.41) is 2.56. The molecule has 0 saturated carbocycles. The first-order valence-electron chi connectivity index (χ1n) is 13.3. The van der Waals surface area contributed by atoms with Gasteiger partial charge in [-0.05, 0) is 37.8 Å². The number of ether oxygens (including phenoxy) is 4. The maximum absolute atomic E-state index is 13.4. The molecule has 10 heteroatoms. The number of allylic oxidation sites excluding steroid dienone is 5. The number of primary amides is 1. The van der Waals surface area contributed by atoms with E-state index in [9.17, 15) is 19.2 Å². The maximum Gasteiger partial charge on any atom is 0.405 e. The number of carbonyl (C=O) groups is 4. The third-order valence-corrected chi connectivity index (χ3v) is 7.29. The monoisotopic (exact) mass is 558 g/mol. The molecule has 0 spiro atoms. The number of amides is 2. The van der Waals surface area contributed by atoms with E-state index in [0.29, 0.717) is 12.0 Å². The highest BCUT2D eigenvalue weighted by Gasteiger charge is 2.36. The minimum atomic E-state index is -0.902. The minimum absolute atomic E-state index is 0.119. The van der Waals surface area contributed by atoms with Crippen LogP contribution in [0.3, 0.4) is 0 Å². The molecule has 1 aliphatic heterocycles. The highest BCUT2D eigenvalue weighted by Crippen LogP contribution is 2.30. The summed E-state index contributed by atoms with van der Waals surface area (Å²) in [6.07, 6.45) is 6.65. The second kappa shape index (κ2) is 14.9. The summed E-state index contributed by atoms with van der Waals surface area (Å²) < 4.78 is 22.9. The van der Waals surface area contributed by atoms with Crippen LogP contribution < -0.4 is 11.1 Å². The number of methoxy groups -OCH3 is 3. The van der Waals surface area contributed by atoms with Gasteiger partial charge in [0, 0.05) is 50.4 Å². The number of carbonyl (C=O) groups excluding carboxylic acids is 4. The van der Waals surface area contributed by atoms with Crippen molar-refractivity contribution in [1.82, 2.24) is 5.32 Å². The molecule has 0 aromatic rings. The standard InChI is InChI=1S/C30H42N2O8/c1-16-10-9-11-17(2)29(35)32-23-15-21(33)14-22(25(23)34)27(38-7)20(5)13-24(37-6)28(39-8)19(4)12-18(3)26(16)40-30(31)36/h9-12,14-16,19-20,24,26-28H,13H2,1-8H3,(H2,31,36)(H,32,35)/b10-9-,17-11+,18-12+/t16-,19-,20-,24-,26+,27+,28+/m0/s1. The largest absolute Gasteiger partial charge is 0.441 e. The molecule has 0 unspecified atom stereocenters. The molecule has 2 bridgehead atoms. The van der Waals surface area contributed by atoms with Crippen molar-refractivity contribution in [2.24, 2.45) is 23.5 Å². The lowest BCUT2D eigenvalue weighted by Crippen LogP contribution is -2.40. The van der Waals surface area contributed by atoms with E-state index in [2.05, 4.69) is 5.32 Å². The number of rotatable bonds is 4. The van der Waals surface area contributed by atoms with Crippen molar-refractivity contribution in [3.05, 3.63) is 58.9 Å². The Labute approximate surface area is 236 Å². The Morgan fingerprint density at radius 3 is 2.20 bits per heavy atom. The highest BCUT2D eigenvalue weighted by atomic mass is 16.6. The molecule has 2 rings (SSSR count). The van der Waals surface area contributed by atoms with Gasteiger partial charge in [-0.3, -0.25) is 14.4 Å². The van der Waals surface area contributed by atoms with Crippen molar-refractivity contribution in [2.45, 2.75) is 65.5 Å². The number of Topliss-reactive ketones (excluding diaryl/α,β-unsaturated/α-hetero) is 1. The summed E-state index contributed by atoms with van der Waals surface area (Å²) >= 11 is 0. The predicted molar refractivity (Wildman–Crippen MR) is 150 cm³/mol. The van der Waals surface area contributed by atoms with Gasteiger partial charge in [-0.15, -0.1) is 0 Å². The van der Waals surface area contributed by atoms with E-state index in [-0.39, 0.29) is 29.0 Å². The molecule has 1 aliphatic carbocycles. The van der Waals surface area contributed by atoms with Crippen LogP contribution in [0.25, 0.3) is 0 Å². The van der Waals surface area contributed by atoms with Crippen LogP contribution in [0.2, 0.25) is 0 Å². The zero-order valence-electron chi connectivity index (χ0n) is 24.6. The number of hydrogen-bond donors (Lipinski definition) is 2. The van der Waals surface area contributed by atoms with Crippen molar-refractivity contribution in [3.8, 4) is 0 Å². The Morgan fingerprint density at radius 1 is 0.950 bits per heavy atom. The van der Waals surface area contributed by atoms with E-state index < -0.39 is 48.0 Å². The summed E-state index contributed by atoms with van der Waals surface area (Å²) in [7, 11) is 4.64. The maximum atomic E-state index is 13.4. The van der Waals surface area contributed by atoms with Gasteiger partial charge in [0.15, 0.2) is 5.78 Å². The van der Waals surface area contributed by atoms with Crippen LogP contribution in [0, 0.1) is 17.8 Å². The average Bonchev–Trinajstić information content (AvgIpc) is 2.88. The third-order valence-electron chi connectivity index (χ3n) is 7.29. The van der Waals surface area contributed by atoms with Crippen LogP contribution in [0.1, 0.15) is 41.0 Å². The van der Waals surface area contributed by atoms with Gasteiger partial charge >= 0.3 is 6.09 Å². The van der Waals surface area contributed by atoms with Gasteiger partial charge in [0.1, 0.15) is 6.10 Å². The van der Waals surface area contributed by atoms with Crippen LogP contribution in [0.15, 0.2) is 58.9 Å². The van der Waals surface area contributed by atoms with Crippen molar-refractivity contribution in [3.63, 3.8) is 0 Å². The number of hydrogen-bond acceptors (Lipinski definition) is 8. The molecule has 220 valence electrons. The normalized spacial score (nSPS) is 34.4. The summed E-state index contributed by atoms with van der Waals surface area (Å²) in [6.45, 7) is 9.17. The van der Waals surface area contributed by atoms with Crippen LogP contribution in [-0.4, -0.2) is 69.3 Å². The van der Waals surface area contributed by atoms with Crippen molar-refractivity contribution in [2.75, 3.05) is 21.3 Å². The SMILES string of the molecule is CO[C@H]1[C@@H](OC)C[C@H](C)[C@@H](OC)C2=CC(=O)C=C(NC(=O)/C(C)=C/C=C\[C@H](C)[C@@H](OC(N)=O)/C(C)=C/[C@@H]1C)C2=O. The van der Waals surface area contributed by atoms with Gasteiger partial charge in [0.05, 0.1) is 24.0 Å². The summed E-state index contributed by atoms with van der Waals surface area (Å²) in [4.78, 5) is 50.5. The topological polar surface area (TPSA) is 143 Å². The van der Waals surface area contributed by atoms with Gasteiger partial charge in [-0.2, -0.15) is 0 Å². The Bertz CT molecular complexity index is 1130. The van der Waals surface area contributed by atoms with Crippen molar-refractivity contribution >= 4 is 23.6 Å². The zero-order valence-corrected chi connectivity index (χ0v) is 24.6. The smallest absolute Gasteiger partial charge is 0.405 e. The van der Waals surface area contributed by atoms with E-state index in [1.54, 1.807) is 39.4 Å². The molecular formula is C30H42N2O8. The molecule has 0 fully saturated rings. The molecule has 0 aromatic carbocycles. The van der Waals surface area contributed by atoms with Gasteiger partial charge < -0.3 is 30.0 Å². The molecule has 0 radical (unpaired) electrons. The Hall–Kier alpha value is -3.34. The minimum Gasteiger partial charge on any atom is -0.441 e. The molecular weight excluding hydrogens is 516 g/mol. The second-order valence-electron chi connectivity index (χ2n) is 10.4. The van der Waals surface area contributed by atoms with Crippen LogP contribution in [-0.2, 0) is 33.3 Å². The molecule has 1 heterocycles. The molecule has 10 nitrogen and oxygen atoms in total. The van der Waals surface area contributed by atoms with Crippen LogP contribution in [0.4, 0.5) is 4.79 Å². The first-order chi connectivity index (χ1) is 18.8. The van der Waals surface area contributed by atoms with E-state index in [1.807, 2.05) is 33.8 Å². The number of nitrogens with two attached hydrogens (primary N) is 1. The van der Waals surface area contributed by atoms with E-state index in [4.69, 9.17) is 24.7 Å². The fourth-order valence-corrected chi connectivity index (χ4v) is 5.27. The average molecular weight is 559 g/mol. The fourth-order valence-electron chi connectivity index (χ4n) is 5.27. The molecule has 2 amide bonds. The van der Waals surface area contributed by atoms with Crippen molar-refractivity contribution in [1.29, 1.82) is 0 Å². The quantitative estimate of drug-likeness (QED) is 0.395. The molecule has 0 aromatic heterocycles. The van der Waals surface area contributed by atoms with Gasteiger partial charge in [0.2, 0.25) is 5.78 Å². The summed E-state index contributed by atoms with van der Waals surface area (Å²) in [6, 6.07) is 0. The lowest BCUT2D eigenvalue weighted by atomic mass is 9.83. The lowest BCUT2D eigenvalue weighted by molar-refractivity contribution is -0.120. The highest BCUT2D eigenvalue weighted by molar-refractivity contribution is 6.22. The molecule has 3 N–H and O–H groups in total. The Kier molecular flexibility index (Phi) is 12.2. The number of ketones is 2. The summed E-state index contributed by atoms with van der Waals surface area (Å²) in [5.41, 5.74) is 6.49. The first kappa shape index (κ1) is 32.9. The predicted octanol–water partition coefficient (Wildman–Crippen LogP) is 3.33. The van der Waals surface area contributed by atoms with E-state index >= 15 is 0 Å². The first-order valence-corrected chi connectivity index (χ1v) is 13.3. The van der Waals surface area contributed by atoms with Gasteiger partial charge in [-0.1, -0.05) is 45.1 Å². The number of nitrogens with one attached hydrogen (secondary N) is 1. The summed E-state index contributed by atoms with van der Waals surface area (Å²) in [5.74, 6) is -2.19. The van der Waals surface area contributed by atoms with E-state index in [0.717, 1.165) is 11.6 Å². The molecule has 2 aliphatic rings. The van der Waals surface area contributed by atoms with Gasteiger partial charge in [0.25, 0.3) is 5.91 Å². The van der Waals surface area contributed by atoms with Crippen molar-refractivity contribution < 1.29 is 38.1 Å². The fraction of sp³-hybridized carbons (Fsp3) is 0.533. The number of fused-ring (bicyclic) bond motifs is 2. The van der Waals surface area contributed by atoms with E-state index in [1.165, 1.54) is 13.2 Å². The second-order valence-corrected chi connectivity index (χ2v) is 10.4. The van der Waals surface area contributed by atoms with Crippen LogP contribution in [0.5, 0.6) is 0 Å². The molecule has 40 heavy (non-hydrogen) atoms. The van der Waals surface area contributed by atoms with Gasteiger partial charge in [-0.25, -0.2) is 4.79 Å². The lowest BCUT2D eigenvalue weighted by Gasteiger charge is -2.34. The third kappa shape index (κ3) is 8.33.